The Labute approximate surface area is 115 Å². The molecule has 1 aliphatic rings. The third-order valence-corrected chi connectivity index (χ3v) is 5.05. The van der Waals surface area contributed by atoms with Gasteiger partial charge in [0.2, 0.25) is 0 Å². The van der Waals surface area contributed by atoms with Crippen LogP contribution >= 0.6 is 0 Å². The number of sulfonamides is 1. The van der Waals surface area contributed by atoms with Crippen molar-refractivity contribution in [1.29, 1.82) is 0 Å². The van der Waals surface area contributed by atoms with E-state index in [9.17, 15) is 23.3 Å². The van der Waals surface area contributed by atoms with Crippen molar-refractivity contribution in [1.82, 2.24) is 4.31 Å². The topological polar surface area (TPSA) is 107 Å². The van der Waals surface area contributed by atoms with Gasteiger partial charge in [-0.1, -0.05) is 12.1 Å². The summed E-state index contributed by atoms with van der Waals surface area (Å²) in [5.74, 6) is -0.668. The summed E-state index contributed by atoms with van der Waals surface area (Å²) >= 11 is 0. The maximum atomic E-state index is 12.4. The lowest BCUT2D eigenvalue weighted by Crippen LogP contribution is -2.55. The average molecular weight is 300 g/mol. The predicted molar refractivity (Wildman–Crippen MR) is 67.4 cm³/mol. The normalized spacial score (nSPS) is 19.1. The first-order valence-electron chi connectivity index (χ1n) is 5.72. The Bertz CT molecular complexity index is 657. The van der Waals surface area contributed by atoms with Gasteiger partial charge < -0.3 is 4.74 Å². The van der Waals surface area contributed by atoms with Gasteiger partial charge in [0.1, 0.15) is 6.04 Å². The number of esters is 1. The highest BCUT2D eigenvalue weighted by molar-refractivity contribution is 7.89. The summed E-state index contributed by atoms with van der Waals surface area (Å²) in [6.07, 6.45) is 0.340. The molecule has 0 aliphatic carbocycles. The summed E-state index contributed by atoms with van der Waals surface area (Å²) in [5.41, 5.74) is -0.511. The van der Waals surface area contributed by atoms with Gasteiger partial charge in [-0.05, 0) is 12.5 Å². The minimum absolute atomic E-state index is 0.133. The fraction of sp³-hybridized carbons (Fsp3) is 0.364. The van der Waals surface area contributed by atoms with Crippen LogP contribution in [-0.4, -0.2) is 43.3 Å². The molecule has 0 amide bonds. The van der Waals surface area contributed by atoms with Crippen LogP contribution in [0.5, 0.6) is 0 Å². The van der Waals surface area contributed by atoms with E-state index < -0.39 is 37.5 Å². The summed E-state index contributed by atoms with van der Waals surface area (Å²) < 4.78 is 30.2. The van der Waals surface area contributed by atoms with Crippen LogP contribution in [0.2, 0.25) is 0 Å². The molecule has 0 aromatic heterocycles. The number of methoxy groups -OCH3 is 1. The van der Waals surface area contributed by atoms with E-state index in [-0.39, 0.29) is 6.54 Å². The van der Waals surface area contributed by atoms with Gasteiger partial charge in [0.25, 0.3) is 15.7 Å². The van der Waals surface area contributed by atoms with Crippen molar-refractivity contribution in [2.24, 2.45) is 0 Å². The van der Waals surface area contributed by atoms with Crippen molar-refractivity contribution < 1.29 is 22.9 Å². The highest BCUT2D eigenvalue weighted by Crippen LogP contribution is 2.32. The molecule has 1 fully saturated rings. The molecular formula is C11H12N2O6S. The van der Waals surface area contributed by atoms with E-state index in [1.165, 1.54) is 12.1 Å². The third-order valence-electron chi connectivity index (χ3n) is 3.09. The second-order valence-corrected chi connectivity index (χ2v) is 6.03. The standard InChI is InChI=1S/C11H12N2O6S/c1-19-11(14)9-6-7-12(9)20(17,18)10-5-3-2-4-8(10)13(15)16/h2-5,9H,6-7H2,1H3. The number of nitrogens with zero attached hydrogens (tertiary/aromatic N) is 2. The van der Waals surface area contributed by atoms with Gasteiger partial charge in [-0.25, -0.2) is 8.42 Å². The van der Waals surface area contributed by atoms with Crippen LogP contribution < -0.4 is 0 Å². The molecule has 0 saturated carbocycles. The maximum absolute atomic E-state index is 12.4. The highest BCUT2D eigenvalue weighted by atomic mass is 32.2. The Morgan fingerprint density at radius 3 is 2.60 bits per heavy atom. The number of para-hydroxylation sites is 1. The minimum atomic E-state index is -4.09. The SMILES string of the molecule is COC(=O)C1CCN1S(=O)(=O)c1ccccc1[N+](=O)[O-]. The van der Waals surface area contributed by atoms with E-state index in [0.29, 0.717) is 6.42 Å². The van der Waals surface area contributed by atoms with E-state index in [0.717, 1.165) is 23.5 Å². The number of carbonyl (C=O) groups is 1. The average Bonchev–Trinajstić information content (AvgIpc) is 2.36. The van der Waals surface area contributed by atoms with Gasteiger partial charge >= 0.3 is 5.97 Å². The molecule has 1 aromatic carbocycles. The first-order chi connectivity index (χ1) is 9.39. The largest absolute Gasteiger partial charge is 0.468 e. The Kier molecular flexibility index (Phi) is 3.73. The van der Waals surface area contributed by atoms with Crippen LogP contribution in [0.25, 0.3) is 0 Å². The van der Waals surface area contributed by atoms with Crippen molar-refractivity contribution in [3.8, 4) is 0 Å². The van der Waals surface area contributed by atoms with Crippen LogP contribution in [0.4, 0.5) is 5.69 Å². The van der Waals surface area contributed by atoms with Crippen LogP contribution in [0, 0.1) is 10.1 Å². The number of nitro benzene ring substituents is 1. The Balaban J connectivity index is 2.42. The quantitative estimate of drug-likeness (QED) is 0.456. The number of nitro groups is 1. The van der Waals surface area contributed by atoms with Crippen LogP contribution in [0.1, 0.15) is 6.42 Å². The molecule has 1 heterocycles. The zero-order chi connectivity index (χ0) is 14.9. The zero-order valence-corrected chi connectivity index (χ0v) is 11.4. The van der Waals surface area contributed by atoms with E-state index in [2.05, 4.69) is 4.74 Å². The summed E-state index contributed by atoms with van der Waals surface area (Å²) in [4.78, 5) is 21.2. The number of carbonyl (C=O) groups excluding carboxylic acids is 1. The van der Waals surface area contributed by atoms with Gasteiger partial charge in [0.15, 0.2) is 4.90 Å². The molecule has 9 heteroatoms. The van der Waals surface area contributed by atoms with Crippen molar-refractivity contribution >= 4 is 21.7 Å². The molecule has 1 saturated heterocycles. The monoisotopic (exact) mass is 300 g/mol. The molecule has 20 heavy (non-hydrogen) atoms. The predicted octanol–water partition coefficient (Wildman–Crippen LogP) is 0.531. The second kappa shape index (κ2) is 5.17. The lowest BCUT2D eigenvalue weighted by atomic mass is 10.1. The minimum Gasteiger partial charge on any atom is -0.468 e. The van der Waals surface area contributed by atoms with Crippen LogP contribution in [0.3, 0.4) is 0 Å². The van der Waals surface area contributed by atoms with Gasteiger partial charge in [0.05, 0.1) is 12.0 Å². The van der Waals surface area contributed by atoms with Crippen LogP contribution in [-0.2, 0) is 19.6 Å². The smallest absolute Gasteiger partial charge is 0.324 e. The van der Waals surface area contributed by atoms with E-state index in [1.807, 2.05) is 0 Å². The Morgan fingerprint density at radius 1 is 1.45 bits per heavy atom. The van der Waals surface area contributed by atoms with Crippen molar-refractivity contribution in [2.45, 2.75) is 17.4 Å². The molecule has 0 bridgehead atoms. The van der Waals surface area contributed by atoms with Crippen molar-refractivity contribution in [2.75, 3.05) is 13.7 Å². The summed E-state index contributed by atoms with van der Waals surface area (Å²) in [7, 11) is -2.93. The molecule has 2 rings (SSSR count). The Hall–Kier alpha value is -2.00. The lowest BCUT2D eigenvalue weighted by molar-refractivity contribution is -0.387. The number of rotatable bonds is 4. The number of hydrogen-bond acceptors (Lipinski definition) is 6. The zero-order valence-electron chi connectivity index (χ0n) is 10.6. The molecular weight excluding hydrogens is 288 g/mol. The number of hydrogen-bond donors (Lipinski definition) is 0. The third kappa shape index (κ3) is 2.25. The lowest BCUT2D eigenvalue weighted by Gasteiger charge is -2.37. The summed E-state index contributed by atoms with van der Waals surface area (Å²) in [6, 6.07) is 4.13. The fourth-order valence-corrected chi connectivity index (χ4v) is 3.76. The Morgan fingerprint density at radius 2 is 2.10 bits per heavy atom. The van der Waals surface area contributed by atoms with Crippen molar-refractivity contribution in [3.05, 3.63) is 34.4 Å². The van der Waals surface area contributed by atoms with E-state index >= 15 is 0 Å². The first-order valence-corrected chi connectivity index (χ1v) is 7.16. The highest BCUT2D eigenvalue weighted by Gasteiger charge is 2.45. The molecule has 0 radical (unpaired) electrons. The molecule has 1 atom stereocenters. The molecule has 1 unspecified atom stereocenters. The first kappa shape index (κ1) is 14.4. The molecule has 0 N–H and O–H groups in total. The summed E-state index contributed by atoms with van der Waals surface area (Å²) in [6.45, 7) is 0.133. The van der Waals surface area contributed by atoms with Gasteiger partial charge in [-0.3, -0.25) is 14.9 Å². The van der Waals surface area contributed by atoms with Crippen LogP contribution in [0.15, 0.2) is 29.2 Å². The molecule has 1 aliphatic heterocycles. The van der Waals surface area contributed by atoms with E-state index in [1.54, 1.807) is 0 Å². The number of benzene rings is 1. The summed E-state index contributed by atoms with van der Waals surface area (Å²) in [5, 5.41) is 10.9. The van der Waals surface area contributed by atoms with Crippen molar-refractivity contribution in [3.63, 3.8) is 0 Å². The molecule has 108 valence electrons. The molecule has 0 spiro atoms. The van der Waals surface area contributed by atoms with Gasteiger partial charge in [-0.15, -0.1) is 0 Å². The maximum Gasteiger partial charge on any atom is 0.324 e. The molecule has 1 aromatic rings. The van der Waals surface area contributed by atoms with Gasteiger partial charge in [0, 0.05) is 12.6 Å². The number of ether oxygens (including phenoxy) is 1. The molecule has 8 nitrogen and oxygen atoms in total. The fourth-order valence-electron chi connectivity index (χ4n) is 1.98. The second-order valence-electron chi connectivity index (χ2n) is 4.17. The van der Waals surface area contributed by atoms with E-state index in [4.69, 9.17) is 0 Å². The van der Waals surface area contributed by atoms with Gasteiger partial charge in [-0.2, -0.15) is 4.31 Å².